The van der Waals surface area contributed by atoms with E-state index in [1.165, 1.54) is 12.1 Å². The van der Waals surface area contributed by atoms with Crippen molar-refractivity contribution in [1.29, 1.82) is 0 Å². The molecule has 0 saturated carbocycles. The van der Waals surface area contributed by atoms with Gasteiger partial charge < -0.3 is 11.1 Å². The van der Waals surface area contributed by atoms with Gasteiger partial charge in [0, 0.05) is 30.1 Å². The zero-order chi connectivity index (χ0) is 12.1. The van der Waals surface area contributed by atoms with Crippen LogP contribution in [0.3, 0.4) is 0 Å². The summed E-state index contributed by atoms with van der Waals surface area (Å²) in [5.41, 5.74) is 6.71. The summed E-state index contributed by atoms with van der Waals surface area (Å²) in [5.74, 6) is 0.601. The van der Waals surface area contributed by atoms with Gasteiger partial charge in [0.15, 0.2) is 0 Å². The molecular formula is C11H17N3O2. The van der Waals surface area contributed by atoms with Crippen LogP contribution in [0.25, 0.3) is 0 Å². The first-order valence-electron chi connectivity index (χ1n) is 5.28. The zero-order valence-corrected chi connectivity index (χ0v) is 9.56. The van der Waals surface area contributed by atoms with Crippen LogP contribution in [0.15, 0.2) is 18.2 Å². The van der Waals surface area contributed by atoms with Crippen LogP contribution in [0.2, 0.25) is 0 Å². The van der Waals surface area contributed by atoms with Gasteiger partial charge in [0.1, 0.15) is 0 Å². The summed E-state index contributed by atoms with van der Waals surface area (Å²) < 4.78 is 0. The normalized spacial score (nSPS) is 10.4. The van der Waals surface area contributed by atoms with Crippen molar-refractivity contribution < 1.29 is 4.92 Å². The van der Waals surface area contributed by atoms with E-state index in [1.807, 2.05) is 0 Å². The van der Waals surface area contributed by atoms with Crippen LogP contribution in [0.1, 0.15) is 20.3 Å². The molecule has 0 spiro atoms. The third-order valence-electron chi connectivity index (χ3n) is 2.20. The SMILES string of the molecule is CC(C)CCNc1cc(N)cc([N+](=O)[O-])c1. The van der Waals surface area contributed by atoms with Crippen molar-refractivity contribution in [2.24, 2.45) is 5.92 Å². The van der Waals surface area contributed by atoms with Crippen LogP contribution in [-0.4, -0.2) is 11.5 Å². The molecule has 0 aliphatic rings. The Morgan fingerprint density at radius 2 is 2.12 bits per heavy atom. The summed E-state index contributed by atoms with van der Waals surface area (Å²) in [6, 6.07) is 4.55. The van der Waals surface area contributed by atoms with Gasteiger partial charge in [-0.3, -0.25) is 10.1 Å². The molecule has 0 amide bonds. The molecule has 0 aliphatic heterocycles. The summed E-state index contributed by atoms with van der Waals surface area (Å²) in [7, 11) is 0. The first kappa shape index (κ1) is 12.3. The van der Waals surface area contributed by atoms with E-state index >= 15 is 0 Å². The van der Waals surface area contributed by atoms with E-state index in [-0.39, 0.29) is 5.69 Å². The number of hydrogen-bond acceptors (Lipinski definition) is 4. The van der Waals surface area contributed by atoms with Crippen LogP contribution < -0.4 is 11.1 Å². The molecule has 0 bridgehead atoms. The molecule has 0 heterocycles. The molecule has 5 heteroatoms. The average Bonchev–Trinajstić information content (AvgIpc) is 2.16. The van der Waals surface area contributed by atoms with E-state index in [2.05, 4.69) is 19.2 Å². The number of nitrogens with zero attached hydrogens (tertiary/aromatic N) is 1. The summed E-state index contributed by atoms with van der Waals surface area (Å²) in [4.78, 5) is 10.2. The molecule has 1 aromatic carbocycles. The number of hydrogen-bond donors (Lipinski definition) is 2. The predicted octanol–water partition coefficient (Wildman–Crippen LogP) is 2.63. The second-order valence-electron chi connectivity index (χ2n) is 4.18. The van der Waals surface area contributed by atoms with Gasteiger partial charge in [0.25, 0.3) is 5.69 Å². The smallest absolute Gasteiger partial charge is 0.273 e. The van der Waals surface area contributed by atoms with Crippen LogP contribution in [0, 0.1) is 16.0 Å². The fourth-order valence-corrected chi connectivity index (χ4v) is 1.35. The molecule has 16 heavy (non-hydrogen) atoms. The summed E-state index contributed by atoms with van der Waals surface area (Å²) >= 11 is 0. The average molecular weight is 223 g/mol. The Hall–Kier alpha value is -1.78. The van der Waals surface area contributed by atoms with E-state index in [0.29, 0.717) is 17.3 Å². The van der Waals surface area contributed by atoms with E-state index < -0.39 is 4.92 Å². The maximum atomic E-state index is 10.6. The molecule has 3 N–H and O–H groups in total. The number of nitrogens with two attached hydrogens (primary N) is 1. The van der Waals surface area contributed by atoms with Gasteiger partial charge in [-0.25, -0.2) is 0 Å². The summed E-state index contributed by atoms with van der Waals surface area (Å²) in [6.07, 6.45) is 1.02. The highest BCUT2D eigenvalue weighted by Gasteiger charge is 2.08. The van der Waals surface area contributed by atoms with Gasteiger partial charge in [0.05, 0.1) is 4.92 Å². The van der Waals surface area contributed by atoms with Gasteiger partial charge in [-0.05, 0) is 18.4 Å². The Labute approximate surface area is 94.8 Å². The number of nitrogens with one attached hydrogen (secondary N) is 1. The van der Waals surface area contributed by atoms with Crippen LogP contribution in [0.5, 0.6) is 0 Å². The number of non-ortho nitro benzene ring substituents is 1. The van der Waals surface area contributed by atoms with Crippen molar-refractivity contribution in [3.8, 4) is 0 Å². The van der Waals surface area contributed by atoms with E-state index in [0.717, 1.165) is 13.0 Å². The number of rotatable bonds is 5. The van der Waals surface area contributed by atoms with E-state index in [9.17, 15) is 10.1 Å². The topological polar surface area (TPSA) is 81.2 Å². The van der Waals surface area contributed by atoms with Crippen LogP contribution in [0.4, 0.5) is 17.1 Å². The molecule has 1 aromatic rings. The number of anilines is 2. The third kappa shape index (κ3) is 3.76. The lowest BCUT2D eigenvalue weighted by Crippen LogP contribution is -2.05. The lowest BCUT2D eigenvalue weighted by atomic mass is 10.1. The van der Waals surface area contributed by atoms with Crippen molar-refractivity contribution in [3.05, 3.63) is 28.3 Å². The lowest BCUT2D eigenvalue weighted by Gasteiger charge is -2.08. The minimum Gasteiger partial charge on any atom is -0.398 e. The van der Waals surface area contributed by atoms with Gasteiger partial charge >= 0.3 is 0 Å². The molecule has 1 rings (SSSR count). The fourth-order valence-electron chi connectivity index (χ4n) is 1.35. The monoisotopic (exact) mass is 223 g/mol. The van der Waals surface area contributed by atoms with Gasteiger partial charge in [-0.2, -0.15) is 0 Å². The summed E-state index contributed by atoms with van der Waals surface area (Å²) in [6.45, 7) is 5.05. The second-order valence-corrected chi connectivity index (χ2v) is 4.18. The Balaban J connectivity index is 2.69. The van der Waals surface area contributed by atoms with Crippen molar-refractivity contribution in [1.82, 2.24) is 0 Å². The quantitative estimate of drug-likeness (QED) is 0.456. The molecule has 0 radical (unpaired) electrons. The molecule has 5 nitrogen and oxygen atoms in total. The molecule has 0 aliphatic carbocycles. The predicted molar refractivity (Wildman–Crippen MR) is 65.5 cm³/mol. The highest BCUT2D eigenvalue weighted by Crippen LogP contribution is 2.22. The van der Waals surface area contributed by atoms with Crippen LogP contribution >= 0.6 is 0 Å². The van der Waals surface area contributed by atoms with Gasteiger partial charge in [0.2, 0.25) is 0 Å². The molecule has 0 atom stereocenters. The second kappa shape index (κ2) is 5.34. The van der Waals surface area contributed by atoms with Crippen molar-refractivity contribution in [2.45, 2.75) is 20.3 Å². The number of nitro groups is 1. The Morgan fingerprint density at radius 1 is 1.44 bits per heavy atom. The number of nitrogen functional groups attached to an aromatic ring is 1. The standard InChI is InChI=1S/C11H17N3O2/c1-8(2)3-4-13-10-5-9(12)6-11(7-10)14(15)16/h5-8,13H,3-4,12H2,1-2H3. The number of nitro benzene ring substituents is 1. The third-order valence-corrected chi connectivity index (χ3v) is 2.20. The Bertz CT molecular complexity index is 377. The number of benzene rings is 1. The zero-order valence-electron chi connectivity index (χ0n) is 9.56. The summed E-state index contributed by atoms with van der Waals surface area (Å²) in [5, 5.41) is 13.7. The molecular weight excluding hydrogens is 206 g/mol. The fraction of sp³-hybridized carbons (Fsp3) is 0.455. The minimum absolute atomic E-state index is 0.0204. The van der Waals surface area contributed by atoms with Crippen molar-refractivity contribution >= 4 is 17.1 Å². The Kier molecular flexibility index (Phi) is 4.10. The molecule has 0 saturated heterocycles. The minimum atomic E-state index is -0.440. The van der Waals surface area contributed by atoms with Gasteiger partial charge in [-0.1, -0.05) is 13.8 Å². The first-order valence-corrected chi connectivity index (χ1v) is 5.28. The highest BCUT2D eigenvalue weighted by molar-refractivity contribution is 5.61. The first-order chi connectivity index (χ1) is 7.49. The highest BCUT2D eigenvalue weighted by atomic mass is 16.6. The molecule has 88 valence electrons. The van der Waals surface area contributed by atoms with Crippen LogP contribution in [-0.2, 0) is 0 Å². The van der Waals surface area contributed by atoms with Crippen molar-refractivity contribution in [3.63, 3.8) is 0 Å². The maximum absolute atomic E-state index is 10.6. The maximum Gasteiger partial charge on any atom is 0.273 e. The van der Waals surface area contributed by atoms with Gasteiger partial charge in [-0.15, -0.1) is 0 Å². The molecule has 0 fully saturated rings. The molecule has 0 aromatic heterocycles. The van der Waals surface area contributed by atoms with E-state index in [1.54, 1.807) is 6.07 Å². The largest absolute Gasteiger partial charge is 0.398 e. The Morgan fingerprint density at radius 3 is 2.69 bits per heavy atom. The molecule has 0 unspecified atom stereocenters. The lowest BCUT2D eigenvalue weighted by molar-refractivity contribution is -0.384. The van der Waals surface area contributed by atoms with E-state index in [4.69, 9.17) is 5.73 Å². The van der Waals surface area contributed by atoms with Crippen molar-refractivity contribution in [2.75, 3.05) is 17.6 Å².